The van der Waals surface area contributed by atoms with Crippen LogP contribution in [0.5, 0.6) is 0 Å². The van der Waals surface area contributed by atoms with Crippen molar-refractivity contribution in [1.82, 2.24) is 4.98 Å². The van der Waals surface area contributed by atoms with E-state index in [2.05, 4.69) is 20.9 Å². The van der Waals surface area contributed by atoms with Gasteiger partial charge in [-0.25, -0.2) is 4.39 Å². The maximum Gasteiger partial charge on any atom is 0.147 e. The van der Waals surface area contributed by atoms with Crippen molar-refractivity contribution in [2.75, 3.05) is 0 Å². The smallest absolute Gasteiger partial charge is 0.147 e. The lowest BCUT2D eigenvalue weighted by Gasteiger charge is -1.97. The lowest BCUT2D eigenvalue weighted by Crippen LogP contribution is -1.83. The van der Waals surface area contributed by atoms with Gasteiger partial charge in [0, 0.05) is 17.1 Å². The van der Waals surface area contributed by atoms with Gasteiger partial charge in [-0.05, 0) is 33.6 Å². The Morgan fingerprint density at radius 3 is 3.00 bits per heavy atom. The molecule has 0 saturated carbocycles. The molecule has 1 heterocycles. The van der Waals surface area contributed by atoms with Crippen molar-refractivity contribution in [2.24, 2.45) is 0 Å². The molecule has 1 N–H and O–H groups in total. The maximum absolute atomic E-state index is 13.6. The Bertz CT molecular complexity index is 525. The summed E-state index contributed by atoms with van der Waals surface area (Å²) in [6.45, 7) is 0. The molecule has 2 nitrogen and oxygen atoms in total. The SMILES string of the molecule is N#CCc1c[nH]c2ccc(Br)c(F)c12. The van der Waals surface area contributed by atoms with Crippen molar-refractivity contribution in [3.63, 3.8) is 0 Å². The number of benzene rings is 1. The predicted molar refractivity (Wildman–Crippen MR) is 55.3 cm³/mol. The highest BCUT2D eigenvalue weighted by atomic mass is 79.9. The number of nitriles is 1. The van der Waals surface area contributed by atoms with Crippen LogP contribution in [-0.2, 0) is 6.42 Å². The lowest BCUT2D eigenvalue weighted by molar-refractivity contribution is 0.633. The summed E-state index contributed by atoms with van der Waals surface area (Å²) in [6, 6.07) is 5.43. The normalized spacial score (nSPS) is 10.4. The van der Waals surface area contributed by atoms with Crippen LogP contribution in [0.4, 0.5) is 4.39 Å². The molecule has 70 valence electrons. The molecule has 0 bridgehead atoms. The van der Waals surface area contributed by atoms with Crippen LogP contribution in [0.2, 0.25) is 0 Å². The van der Waals surface area contributed by atoms with Gasteiger partial charge in [-0.15, -0.1) is 0 Å². The summed E-state index contributed by atoms with van der Waals surface area (Å²) < 4.78 is 14.1. The zero-order chi connectivity index (χ0) is 10.1. The zero-order valence-corrected chi connectivity index (χ0v) is 8.73. The first kappa shape index (κ1) is 9.22. The number of aromatic nitrogens is 1. The van der Waals surface area contributed by atoms with Gasteiger partial charge in [0.25, 0.3) is 0 Å². The molecular weight excluding hydrogens is 247 g/mol. The Labute approximate surface area is 88.5 Å². The van der Waals surface area contributed by atoms with Crippen molar-refractivity contribution >= 4 is 26.8 Å². The monoisotopic (exact) mass is 252 g/mol. The Kier molecular flexibility index (Phi) is 2.26. The van der Waals surface area contributed by atoms with E-state index in [0.717, 1.165) is 5.52 Å². The van der Waals surface area contributed by atoms with Crippen LogP contribution >= 0.6 is 15.9 Å². The summed E-state index contributed by atoms with van der Waals surface area (Å²) in [5.41, 5.74) is 1.41. The molecule has 0 unspecified atom stereocenters. The van der Waals surface area contributed by atoms with Crippen molar-refractivity contribution in [3.05, 3.63) is 34.2 Å². The molecule has 4 heteroatoms. The van der Waals surface area contributed by atoms with Gasteiger partial charge in [0.2, 0.25) is 0 Å². The quantitative estimate of drug-likeness (QED) is 0.833. The topological polar surface area (TPSA) is 39.6 Å². The molecule has 2 aromatic rings. The maximum atomic E-state index is 13.6. The number of nitrogens with one attached hydrogen (secondary N) is 1. The van der Waals surface area contributed by atoms with Gasteiger partial charge in [0.1, 0.15) is 5.82 Å². The van der Waals surface area contributed by atoms with Crippen LogP contribution in [0.3, 0.4) is 0 Å². The van der Waals surface area contributed by atoms with Gasteiger partial charge in [-0.2, -0.15) is 5.26 Å². The van der Waals surface area contributed by atoms with Gasteiger partial charge in [0.15, 0.2) is 0 Å². The zero-order valence-electron chi connectivity index (χ0n) is 7.14. The summed E-state index contributed by atoms with van der Waals surface area (Å²) in [6.07, 6.45) is 1.89. The largest absolute Gasteiger partial charge is 0.361 e. The minimum absolute atomic E-state index is 0.216. The number of hydrogen-bond acceptors (Lipinski definition) is 1. The van der Waals surface area contributed by atoms with Gasteiger partial charge in [0.05, 0.1) is 17.0 Å². The van der Waals surface area contributed by atoms with E-state index in [1.54, 1.807) is 18.3 Å². The van der Waals surface area contributed by atoms with E-state index in [-0.39, 0.29) is 12.2 Å². The highest BCUT2D eigenvalue weighted by molar-refractivity contribution is 9.10. The van der Waals surface area contributed by atoms with Crippen molar-refractivity contribution in [1.29, 1.82) is 5.26 Å². The fourth-order valence-electron chi connectivity index (χ4n) is 1.45. The molecule has 2 rings (SSSR count). The second kappa shape index (κ2) is 3.43. The number of rotatable bonds is 1. The number of halogens is 2. The third kappa shape index (κ3) is 1.30. The number of hydrogen-bond donors (Lipinski definition) is 1. The number of nitrogens with zero attached hydrogens (tertiary/aromatic N) is 1. The first-order valence-corrected chi connectivity index (χ1v) is 4.84. The fourth-order valence-corrected chi connectivity index (χ4v) is 1.78. The third-order valence-electron chi connectivity index (χ3n) is 2.09. The third-order valence-corrected chi connectivity index (χ3v) is 2.70. The average molecular weight is 253 g/mol. The highest BCUT2D eigenvalue weighted by Gasteiger charge is 2.10. The Balaban J connectivity index is 2.77. The van der Waals surface area contributed by atoms with E-state index < -0.39 is 0 Å². The molecule has 14 heavy (non-hydrogen) atoms. The minimum Gasteiger partial charge on any atom is -0.361 e. The van der Waals surface area contributed by atoms with Crippen LogP contribution in [-0.4, -0.2) is 4.98 Å². The molecule has 0 aliphatic rings. The first-order chi connectivity index (χ1) is 6.74. The van der Waals surface area contributed by atoms with E-state index in [0.29, 0.717) is 15.4 Å². The number of aromatic amines is 1. The number of H-pyrrole nitrogens is 1. The van der Waals surface area contributed by atoms with E-state index in [9.17, 15) is 4.39 Å². The summed E-state index contributed by atoms with van der Waals surface area (Å²) in [4.78, 5) is 2.93. The van der Waals surface area contributed by atoms with E-state index in [1.807, 2.05) is 6.07 Å². The van der Waals surface area contributed by atoms with E-state index in [1.165, 1.54) is 0 Å². The molecule has 0 saturated heterocycles. The summed E-state index contributed by atoms with van der Waals surface area (Å²) in [7, 11) is 0. The lowest BCUT2D eigenvalue weighted by atomic mass is 10.1. The van der Waals surface area contributed by atoms with Crippen molar-refractivity contribution < 1.29 is 4.39 Å². The summed E-state index contributed by atoms with van der Waals surface area (Å²) >= 11 is 3.11. The van der Waals surface area contributed by atoms with Crippen LogP contribution in [0.15, 0.2) is 22.8 Å². The van der Waals surface area contributed by atoms with Crippen LogP contribution in [0.25, 0.3) is 10.9 Å². The molecule has 0 atom stereocenters. The van der Waals surface area contributed by atoms with Crippen molar-refractivity contribution in [3.8, 4) is 6.07 Å². The van der Waals surface area contributed by atoms with Crippen molar-refractivity contribution in [2.45, 2.75) is 6.42 Å². The van der Waals surface area contributed by atoms with Crippen LogP contribution in [0.1, 0.15) is 5.56 Å². The molecular formula is C10H6BrFN2. The Hall–Kier alpha value is -1.34. The molecule has 0 amide bonds. The molecule has 1 aromatic heterocycles. The number of fused-ring (bicyclic) bond motifs is 1. The van der Waals surface area contributed by atoms with E-state index in [4.69, 9.17) is 5.26 Å². The average Bonchev–Trinajstić information content (AvgIpc) is 2.57. The fraction of sp³-hybridized carbons (Fsp3) is 0.100. The minimum atomic E-state index is -0.311. The first-order valence-electron chi connectivity index (χ1n) is 4.05. The van der Waals surface area contributed by atoms with E-state index >= 15 is 0 Å². The molecule has 0 fully saturated rings. The Morgan fingerprint density at radius 1 is 1.50 bits per heavy atom. The standard InChI is InChI=1S/C10H6BrFN2/c11-7-1-2-8-9(10(7)12)6(3-4-13)5-14-8/h1-2,5,14H,3H2. The van der Waals surface area contributed by atoms with Crippen LogP contribution in [0, 0.1) is 17.1 Å². The molecule has 0 aliphatic carbocycles. The molecule has 0 spiro atoms. The second-order valence-electron chi connectivity index (χ2n) is 2.93. The molecule has 1 aromatic carbocycles. The highest BCUT2D eigenvalue weighted by Crippen LogP contribution is 2.27. The molecule has 0 radical (unpaired) electrons. The van der Waals surface area contributed by atoms with Crippen LogP contribution < -0.4 is 0 Å². The summed E-state index contributed by atoms with van der Waals surface area (Å²) in [5, 5.41) is 9.06. The van der Waals surface area contributed by atoms with Gasteiger partial charge in [-0.3, -0.25) is 0 Å². The van der Waals surface area contributed by atoms with Gasteiger partial charge in [-0.1, -0.05) is 0 Å². The van der Waals surface area contributed by atoms with Gasteiger partial charge < -0.3 is 4.98 Å². The predicted octanol–water partition coefficient (Wildman–Crippen LogP) is 3.14. The Morgan fingerprint density at radius 2 is 2.29 bits per heavy atom. The van der Waals surface area contributed by atoms with Gasteiger partial charge >= 0.3 is 0 Å². The second-order valence-corrected chi connectivity index (χ2v) is 3.79. The summed E-state index contributed by atoms with van der Waals surface area (Å²) in [5.74, 6) is -0.311. The molecule has 0 aliphatic heterocycles.